The molecule has 1 aliphatic rings. The number of aromatic nitrogens is 4. The standard InChI is InChI=1S/C14H20N6/c1-2-3-12-6-11(8-15)7-13(17-12)19-4-5-20-10-16-18-14(20)9-19/h6-7,10H,2-5,8-9,15H2,1H3. The highest BCUT2D eigenvalue weighted by Crippen LogP contribution is 2.20. The van der Waals surface area contributed by atoms with E-state index in [0.717, 1.165) is 55.4 Å². The molecule has 106 valence electrons. The molecule has 0 amide bonds. The van der Waals surface area contributed by atoms with Gasteiger partial charge < -0.3 is 15.2 Å². The molecule has 0 unspecified atom stereocenters. The number of pyridine rings is 1. The van der Waals surface area contributed by atoms with Crippen LogP contribution in [0.25, 0.3) is 0 Å². The molecule has 0 aromatic carbocycles. The molecule has 0 spiro atoms. The number of hydrogen-bond acceptors (Lipinski definition) is 5. The van der Waals surface area contributed by atoms with Crippen molar-refractivity contribution in [1.29, 1.82) is 0 Å². The van der Waals surface area contributed by atoms with E-state index in [1.807, 2.05) is 0 Å². The maximum absolute atomic E-state index is 5.80. The summed E-state index contributed by atoms with van der Waals surface area (Å²) in [5.74, 6) is 2.00. The van der Waals surface area contributed by atoms with Gasteiger partial charge in [-0.1, -0.05) is 13.3 Å². The predicted molar refractivity (Wildman–Crippen MR) is 77.2 cm³/mol. The van der Waals surface area contributed by atoms with Gasteiger partial charge in [0, 0.05) is 25.3 Å². The zero-order valence-electron chi connectivity index (χ0n) is 11.8. The number of nitrogens with two attached hydrogens (primary N) is 1. The molecule has 0 fully saturated rings. The van der Waals surface area contributed by atoms with Crippen LogP contribution in [0.5, 0.6) is 0 Å². The van der Waals surface area contributed by atoms with Crippen molar-refractivity contribution in [2.24, 2.45) is 5.73 Å². The Bertz CT molecular complexity index is 591. The minimum absolute atomic E-state index is 0.552. The Morgan fingerprint density at radius 1 is 1.30 bits per heavy atom. The highest BCUT2D eigenvalue weighted by Gasteiger charge is 2.19. The van der Waals surface area contributed by atoms with Gasteiger partial charge in [0.25, 0.3) is 0 Å². The first-order valence-electron chi connectivity index (χ1n) is 7.11. The summed E-state index contributed by atoms with van der Waals surface area (Å²) in [6.45, 7) is 5.31. The van der Waals surface area contributed by atoms with Gasteiger partial charge in [-0.25, -0.2) is 4.98 Å². The molecule has 0 atom stereocenters. The first-order valence-corrected chi connectivity index (χ1v) is 7.11. The van der Waals surface area contributed by atoms with E-state index in [0.29, 0.717) is 6.54 Å². The molecule has 2 N–H and O–H groups in total. The van der Waals surface area contributed by atoms with Crippen LogP contribution in [0.1, 0.15) is 30.4 Å². The van der Waals surface area contributed by atoms with Crippen LogP contribution in [0.4, 0.5) is 5.82 Å². The first-order chi connectivity index (χ1) is 9.80. The topological polar surface area (TPSA) is 72.9 Å². The lowest BCUT2D eigenvalue weighted by Gasteiger charge is -2.28. The van der Waals surface area contributed by atoms with Gasteiger partial charge in [-0.05, 0) is 24.1 Å². The van der Waals surface area contributed by atoms with Crippen molar-refractivity contribution in [1.82, 2.24) is 19.7 Å². The van der Waals surface area contributed by atoms with Crippen molar-refractivity contribution in [2.75, 3.05) is 11.4 Å². The monoisotopic (exact) mass is 272 g/mol. The molecule has 1 aliphatic heterocycles. The minimum atomic E-state index is 0.552. The fourth-order valence-corrected chi connectivity index (χ4v) is 2.56. The largest absolute Gasteiger partial charge is 0.347 e. The molecule has 2 aromatic heterocycles. The summed E-state index contributed by atoms with van der Waals surface area (Å²) in [5, 5.41) is 8.11. The average molecular weight is 272 g/mol. The fraction of sp³-hybridized carbons (Fsp3) is 0.500. The van der Waals surface area contributed by atoms with Gasteiger partial charge in [0.2, 0.25) is 0 Å². The molecule has 6 heteroatoms. The molecule has 20 heavy (non-hydrogen) atoms. The molecular weight excluding hydrogens is 252 g/mol. The van der Waals surface area contributed by atoms with E-state index in [9.17, 15) is 0 Å². The lowest BCUT2D eigenvalue weighted by atomic mass is 10.1. The van der Waals surface area contributed by atoms with E-state index >= 15 is 0 Å². The fourth-order valence-electron chi connectivity index (χ4n) is 2.56. The lowest BCUT2D eigenvalue weighted by molar-refractivity contribution is 0.555. The van der Waals surface area contributed by atoms with Gasteiger partial charge in [-0.15, -0.1) is 10.2 Å². The quantitative estimate of drug-likeness (QED) is 0.902. The summed E-state index contributed by atoms with van der Waals surface area (Å²) >= 11 is 0. The van der Waals surface area contributed by atoms with Crippen LogP contribution in [0.3, 0.4) is 0 Å². The maximum Gasteiger partial charge on any atom is 0.152 e. The third-order valence-electron chi connectivity index (χ3n) is 3.63. The Morgan fingerprint density at radius 3 is 3.00 bits per heavy atom. The highest BCUT2D eigenvalue weighted by atomic mass is 15.3. The number of nitrogens with zero attached hydrogens (tertiary/aromatic N) is 5. The number of fused-ring (bicyclic) bond motifs is 1. The van der Waals surface area contributed by atoms with Crippen LogP contribution in [0.15, 0.2) is 18.5 Å². The van der Waals surface area contributed by atoms with Gasteiger partial charge in [-0.3, -0.25) is 0 Å². The number of anilines is 1. The number of rotatable bonds is 4. The molecule has 0 radical (unpaired) electrons. The number of hydrogen-bond donors (Lipinski definition) is 1. The van der Waals surface area contributed by atoms with Crippen molar-refractivity contribution in [3.05, 3.63) is 35.5 Å². The zero-order valence-corrected chi connectivity index (χ0v) is 11.8. The first kappa shape index (κ1) is 13.1. The maximum atomic E-state index is 5.80. The van der Waals surface area contributed by atoms with Gasteiger partial charge in [0.1, 0.15) is 12.1 Å². The Labute approximate surface area is 118 Å². The van der Waals surface area contributed by atoms with Gasteiger partial charge in [0.05, 0.1) is 6.54 Å². The second kappa shape index (κ2) is 5.58. The molecule has 0 saturated carbocycles. The third kappa shape index (κ3) is 2.51. The molecule has 0 aliphatic carbocycles. The van der Waals surface area contributed by atoms with Crippen LogP contribution in [0.2, 0.25) is 0 Å². The molecule has 3 heterocycles. The van der Waals surface area contributed by atoms with Crippen LogP contribution in [-0.2, 0) is 26.1 Å². The summed E-state index contributed by atoms with van der Waals surface area (Å²) in [7, 11) is 0. The van der Waals surface area contributed by atoms with Gasteiger partial charge >= 0.3 is 0 Å². The molecule has 0 bridgehead atoms. The zero-order chi connectivity index (χ0) is 13.9. The normalized spacial score (nSPS) is 14.4. The van der Waals surface area contributed by atoms with Gasteiger partial charge in [0.15, 0.2) is 5.82 Å². The van der Waals surface area contributed by atoms with E-state index in [1.54, 1.807) is 6.33 Å². The second-order valence-electron chi connectivity index (χ2n) is 5.14. The van der Waals surface area contributed by atoms with E-state index < -0.39 is 0 Å². The van der Waals surface area contributed by atoms with Crippen LogP contribution < -0.4 is 10.6 Å². The Morgan fingerprint density at radius 2 is 2.20 bits per heavy atom. The lowest BCUT2D eigenvalue weighted by Crippen LogP contribution is -2.34. The SMILES string of the molecule is CCCc1cc(CN)cc(N2CCn3cnnc3C2)n1. The Hall–Kier alpha value is -1.95. The summed E-state index contributed by atoms with van der Waals surface area (Å²) in [5.41, 5.74) is 8.07. The molecular formula is C14H20N6. The van der Waals surface area contributed by atoms with Crippen molar-refractivity contribution in [2.45, 2.75) is 39.4 Å². The smallest absolute Gasteiger partial charge is 0.152 e. The van der Waals surface area contributed by atoms with Crippen LogP contribution in [0, 0.1) is 0 Å². The van der Waals surface area contributed by atoms with E-state index in [2.05, 4.69) is 38.7 Å². The summed E-state index contributed by atoms with van der Waals surface area (Å²) in [6.07, 6.45) is 3.87. The molecule has 6 nitrogen and oxygen atoms in total. The average Bonchev–Trinajstić information content (AvgIpc) is 2.94. The van der Waals surface area contributed by atoms with Crippen molar-refractivity contribution in [3.8, 4) is 0 Å². The van der Waals surface area contributed by atoms with Crippen molar-refractivity contribution >= 4 is 5.82 Å². The van der Waals surface area contributed by atoms with Crippen molar-refractivity contribution in [3.63, 3.8) is 0 Å². The molecule has 3 rings (SSSR count). The molecule has 2 aromatic rings. The predicted octanol–water partition coefficient (Wildman–Crippen LogP) is 1.10. The molecule has 0 saturated heterocycles. The van der Waals surface area contributed by atoms with Crippen LogP contribution >= 0.6 is 0 Å². The van der Waals surface area contributed by atoms with Crippen LogP contribution in [-0.4, -0.2) is 26.3 Å². The summed E-state index contributed by atoms with van der Waals surface area (Å²) in [4.78, 5) is 7.02. The van der Waals surface area contributed by atoms with Crippen molar-refractivity contribution < 1.29 is 0 Å². The summed E-state index contributed by atoms with van der Waals surface area (Å²) < 4.78 is 2.09. The summed E-state index contributed by atoms with van der Waals surface area (Å²) in [6, 6.07) is 4.20. The van der Waals surface area contributed by atoms with E-state index in [-0.39, 0.29) is 0 Å². The van der Waals surface area contributed by atoms with E-state index in [1.165, 1.54) is 0 Å². The number of aryl methyl sites for hydroxylation is 1. The third-order valence-corrected chi connectivity index (χ3v) is 3.63. The second-order valence-corrected chi connectivity index (χ2v) is 5.14. The van der Waals surface area contributed by atoms with Gasteiger partial charge in [-0.2, -0.15) is 0 Å². The highest BCUT2D eigenvalue weighted by molar-refractivity contribution is 5.43. The minimum Gasteiger partial charge on any atom is -0.347 e. The Balaban J connectivity index is 1.88. The van der Waals surface area contributed by atoms with E-state index in [4.69, 9.17) is 10.7 Å². The Kier molecular flexibility index (Phi) is 3.64.